The Kier molecular flexibility index (Phi) is 7.91. The predicted octanol–water partition coefficient (Wildman–Crippen LogP) is 2.65. The van der Waals surface area contributed by atoms with Crippen LogP contribution in [-0.2, 0) is 18.9 Å². The fourth-order valence-electron chi connectivity index (χ4n) is 2.01. The van der Waals surface area contributed by atoms with Crippen LogP contribution in [0.3, 0.4) is 0 Å². The van der Waals surface area contributed by atoms with Crippen LogP contribution in [0.2, 0.25) is 0 Å². The Balaban J connectivity index is 1.83. The SMILES string of the molecule is CCOCCOCCOCC(C)CCC1(C)OC1C. The zero-order valence-corrected chi connectivity index (χ0v) is 12.9. The molecule has 19 heavy (non-hydrogen) atoms. The maximum atomic E-state index is 5.61. The number of hydrogen-bond acceptors (Lipinski definition) is 4. The monoisotopic (exact) mass is 274 g/mol. The Morgan fingerprint density at radius 2 is 1.68 bits per heavy atom. The van der Waals surface area contributed by atoms with Crippen LogP contribution in [0.4, 0.5) is 0 Å². The summed E-state index contributed by atoms with van der Waals surface area (Å²) in [7, 11) is 0. The van der Waals surface area contributed by atoms with E-state index in [1.807, 2.05) is 6.92 Å². The lowest BCUT2D eigenvalue weighted by atomic mass is 9.96. The van der Waals surface area contributed by atoms with E-state index in [1.54, 1.807) is 0 Å². The largest absolute Gasteiger partial charge is 0.379 e. The third-order valence-corrected chi connectivity index (χ3v) is 3.73. The lowest BCUT2D eigenvalue weighted by Crippen LogP contribution is -2.15. The van der Waals surface area contributed by atoms with Gasteiger partial charge in [0.25, 0.3) is 0 Å². The number of epoxide rings is 1. The molecular formula is C15H30O4. The van der Waals surface area contributed by atoms with Crippen molar-refractivity contribution < 1.29 is 18.9 Å². The van der Waals surface area contributed by atoms with Gasteiger partial charge in [0.05, 0.1) is 38.1 Å². The molecule has 4 heteroatoms. The van der Waals surface area contributed by atoms with E-state index in [4.69, 9.17) is 18.9 Å². The maximum Gasteiger partial charge on any atom is 0.0917 e. The van der Waals surface area contributed by atoms with Crippen molar-refractivity contribution in [1.82, 2.24) is 0 Å². The lowest BCUT2D eigenvalue weighted by Gasteiger charge is -2.13. The zero-order valence-electron chi connectivity index (χ0n) is 12.9. The smallest absolute Gasteiger partial charge is 0.0917 e. The van der Waals surface area contributed by atoms with Crippen molar-refractivity contribution in [3.8, 4) is 0 Å². The van der Waals surface area contributed by atoms with Crippen LogP contribution >= 0.6 is 0 Å². The van der Waals surface area contributed by atoms with E-state index < -0.39 is 0 Å². The first-order valence-corrected chi connectivity index (χ1v) is 7.49. The van der Waals surface area contributed by atoms with Crippen molar-refractivity contribution in [2.45, 2.75) is 52.2 Å². The van der Waals surface area contributed by atoms with Crippen molar-refractivity contribution in [2.24, 2.45) is 5.92 Å². The summed E-state index contributed by atoms with van der Waals surface area (Å²) in [4.78, 5) is 0. The molecule has 4 nitrogen and oxygen atoms in total. The van der Waals surface area contributed by atoms with Gasteiger partial charge < -0.3 is 18.9 Å². The van der Waals surface area contributed by atoms with E-state index in [2.05, 4.69) is 20.8 Å². The molecule has 0 bridgehead atoms. The molecule has 1 rings (SSSR count). The van der Waals surface area contributed by atoms with Crippen molar-refractivity contribution in [3.63, 3.8) is 0 Å². The highest BCUT2D eigenvalue weighted by molar-refractivity contribution is 4.95. The quantitative estimate of drug-likeness (QED) is 0.405. The van der Waals surface area contributed by atoms with Gasteiger partial charge in [-0.25, -0.2) is 0 Å². The molecule has 1 aliphatic heterocycles. The van der Waals surface area contributed by atoms with Gasteiger partial charge in [-0.2, -0.15) is 0 Å². The Bertz CT molecular complexity index is 234. The van der Waals surface area contributed by atoms with Crippen LogP contribution in [0.15, 0.2) is 0 Å². The average Bonchev–Trinajstić information content (AvgIpc) is 2.98. The molecule has 1 fully saturated rings. The molecule has 1 heterocycles. The van der Waals surface area contributed by atoms with E-state index in [9.17, 15) is 0 Å². The first-order valence-electron chi connectivity index (χ1n) is 7.49. The minimum Gasteiger partial charge on any atom is -0.379 e. The van der Waals surface area contributed by atoms with Crippen LogP contribution in [0.25, 0.3) is 0 Å². The fraction of sp³-hybridized carbons (Fsp3) is 1.00. The van der Waals surface area contributed by atoms with Crippen LogP contribution in [0.1, 0.15) is 40.5 Å². The normalized spacial score (nSPS) is 27.5. The van der Waals surface area contributed by atoms with Crippen molar-refractivity contribution in [1.29, 1.82) is 0 Å². The summed E-state index contributed by atoms with van der Waals surface area (Å²) in [6.45, 7) is 12.7. The highest BCUT2D eigenvalue weighted by Crippen LogP contribution is 2.40. The molecule has 0 saturated carbocycles. The molecule has 0 N–H and O–H groups in total. The molecule has 0 aromatic rings. The second-order valence-electron chi connectivity index (χ2n) is 5.60. The summed E-state index contributed by atoms with van der Waals surface area (Å²) >= 11 is 0. The average molecular weight is 274 g/mol. The summed E-state index contributed by atoms with van der Waals surface area (Å²) in [6, 6.07) is 0. The first kappa shape index (κ1) is 16.9. The fourth-order valence-corrected chi connectivity index (χ4v) is 2.01. The van der Waals surface area contributed by atoms with Gasteiger partial charge >= 0.3 is 0 Å². The third-order valence-electron chi connectivity index (χ3n) is 3.73. The molecule has 114 valence electrons. The van der Waals surface area contributed by atoms with E-state index in [0.717, 1.165) is 26.1 Å². The van der Waals surface area contributed by atoms with Gasteiger partial charge in [-0.15, -0.1) is 0 Å². The minimum absolute atomic E-state index is 0.136. The number of hydrogen-bond donors (Lipinski definition) is 0. The predicted molar refractivity (Wildman–Crippen MR) is 75.5 cm³/mol. The van der Waals surface area contributed by atoms with Crippen molar-refractivity contribution in [2.75, 3.05) is 39.6 Å². The van der Waals surface area contributed by atoms with E-state index in [-0.39, 0.29) is 5.60 Å². The van der Waals surface area contributed by atoms with Crippen molar-refractivity contribution in [3.05, 3.63) is 0 Å². The summed E-state index contributed by atoms with van der Waals surface area (Å²) in [6.07, 6.45) is 2.72. The molecule has 0 amide bonds. The molecule has 3 atom stereocenters. The first-order chi connectivity index (χ1) is 9.08. The van der Waals surface area contributed by atoms with Gasteiger partial charge in [0.1, 0.15) is 0 Å². The standard InChI is InChI=1S/C15H30O4/c1-5-16-8-9-17-10-11-18-12-13(2)6-7-15(4)14(3)19-15/h13-14H,5-12H2,1-4H3. The molecule has 0 aromatic heterocycles. The van der Waals surface area contributed by atoms with Crippen LogP contribution in [0, 0.1) is 5.92 Å². The summed E-state index contributed by atoms with van der Waals surface area (Å²) < 4.78 is 21.7. The summed E-state index contributed by atoms with van der Waals surface area (Å²) in [5.74, 6) is 0.580. The molecule has 1 aliphatic rings. The Morgan fingerprint density at radius 1 is 1.11 bits per heavy atom. The molecule has 0 spiro atoms. The molecule has 0 aromatic carbocycles. The summed E-state index contributed by atoms with van der Waals surface area (Å²) in [5, 5.41) is 0. The second kappa shape index (κ2) is 8.90. The van der Waals surface area contributed by atoms with Gasteiger partial charge in [-0.05, 0) is 39.5 Å². The van der Waals surface area contributed by atoms with Crippen LogP contribution < -0.4 is 0 Å². The van der Waals surface area contributed by atoms with Crippen LogP contribution in [0.5, 0.6) is 0 Å². The topological polar surface area (TPSA) is 40.2 Å². The van der Waals surface area contributed by atoms with Crippen LogP contribution in [-0.4, -0.2) is 51.3 Å². The van der Waals surface area contributed by atoms with E-state index in [0.29, 0.717) is 38.4 Å². The molecule has 3 unspecified atom stereocenters. The Hall–Kier alpha value is -0.160. The minimum atomic E-state index is 0.136. The molecular weight excluding hydrogens is 244 g/mol. The lowest BCUT2D eigenvalue weighted by molar-refractivity contribution is 0.00944. The molecule has 0 aliphatic carbocycles. The maximum absolute atomic E-state index is 5.61. The molecule has 1 saturated heterocycles. The number of ether oxygens (including phenoxy) is 4. The van der Waals surface area contributed by atoms with Crippen molar-refractivity contribution >= 4 is 0 Å². The van der Waals surface area contributed by atoms with Gasteiger partial charge in [0.2, 0.25) is 0 Å². The number of rotatable bonds is 12. The second-order valence-corrected chi connectivity index (χ2v) is 5.60. The summed E-state index contributed by atoms with van der Waals surface area (Å²) in [5.41, 5.74) is 0.136. The van der Waals surface area contributed by atoms with Gasteiger partial charge in [-0.3, -0.25) is 0 Å². The van der Waals surface area contributed by atoms with E-state index >= 15 is 0 Å². The van der Waals surface area contributed by atoms with Gasteiger partial charge in [-0.1, -0.05) is 6.92 Å². The Morgan fingerprint density at radius 3 is 2.26 bits per heavy atom. The van der Waals surface area contributed by atoms with E-state index in [1.165, 1.54) is 0 Å². The highest BCUT2D eigenvalue weighted by atomic mass is 16.6. The highest BCUT2D eigenvalue weighted by Gasteiger charge is 2.47. The van der Waals surface area contributed by atoms with Gasteiger partial charge in [0.15, 0.2) is 0 Å². The molecule has 0 radical (unpaired) electrons. The third kappa shape index (κ3) is 7.25. The Labute approximate surface area is 117 Å². The van der Waals surface area contributed by atoms with Gasteiger partial charge in [0, 0.05) is 13.2 Å². The zero-order chi connectivity index (χ0) is 14.1.